The first-order valence-electron chi connectivity index (χ1n) is 6.94. The van der Waals surface area contributed by atoms with E-state index in [4.69, 9.17) is 14.2 Å². The molecule has 0 radical (unpaired) electrons. The Kier molecular flexibility index (Phi) is 3.68. The van der Waals surface area contributed by atoms with Gasteiger partial charge < -0.3 is 19.1 Å². The summed E-state index contributed by atoms with van der Waals surface area (Å²) in [6.07, 6.45) is 0.894. The number of ether oxygens (including phenoxy) is 3. The lowest BCUT2D eigenvalue weighted by molar-refractivity contribution is -0.149. The molecule has 3 rings (SSSR count). The van der Waals surface area contributed by atoms with E-state index in [2.05, 4.69) is 0 Å². The maximum Gasteiger partial charge on any atom is 0.303 e. The molecular weight excluding hydrogens is 274 g/mol. The van der Waals surface area contributed by atoms with Crippen LogP contribution in [0.1, 0.15) is 24.8 Å². The minimum Gasteiger partial charge on any atom is -0.456 e. The summed E-state index contributed by atoms with van der Waals surface area (Å²) in [5.74, 6) is 1.22. The molecule has 0 N–H and O–H groups in total. The molecule has 1 fully saturated rings. The second-order valence-corrected chi connectivity index (χ2v) is 5.22. The van der Waals surface area contributed by atoms with Crippen molar-refractivity contribution in [3.63, 3.8) is 0 Å². The van der Waals surface area contributed by atoms with Crippen LogP contribution in [0.2, 0.25) is 0 Å². The van der Waals surface area contributed by atoms with E-state index in [1.165, 1.54) is 6.92 Å². The fourth-order valence-electron chi connectivity index (χ4n) is 2.68. The first-order valence-corrected chi connectivity index (χ1v) is 6.94. The molecule has 1 saturated heterocycles. The lowest BCUT2D eigenvalue weighted by atomic mass is 9.98. The standard InChI is InChI=1S/C15H17NO5/c1-10(17)19-8-15(18)16-5-4-12(7-16)11-2-3-13-14(6-11)21-9-20-13/h2-3,6,12H,4-5,7-9H2,1H3. The number of hydrogen-bond acceptors (Lipinski definition) is 5. The molecule has 1 atom stereocenters. The largest absolute Gasteiger partial charge is 0.456 e. The van der Waals surface area contributed by atoms with Crippen molar-refractivity contribution in [2.24, 2.45) is 0 Å². The average molecular weight is 291 g/mol. The molecule has 6 heteroatoms. The zero-order valence-corrected chi connectivity index (χ0v) is 11.8. The average Bonchev–Trinajstić information content (AvgIpc) is 3.12. The van der Waals surface area contributed by atoms with E-state index in [0.717, 1.165) is 23.5 Å². The third kappa shape index (κ3) is 2.94. The summed E-state index contributed by atoms with van der Waals surface area (Å²) in [4.78, 5) is 24.4. The Morgan fingerprint density at radius 1 is 1.33 bits per heavy atom. The van der Waals surface area contributed by atoms with E-state index in [9.17, 15) is 9.59 Å². The van der Waals surface area contributed by atoms with E-state index in [1.807, 2.05) is 18.2 Å². The second kappa shape index (κ2) is 5.63. The number of rotatable bonds is 3. The number of likely N-dealkylation sites (tertiary alicyclic amines) is 1. The van der Waals surface area contributed by atoms with Crippen LogP contribution in [0.15, 0.2) is 18.2 Å². The van der Waals surface area contributed by atoms with Gasteiger partial charge in [-0.3, -0.25) is 9.59 Å². The van der Waals surface area contributed by atoms with Gasteiger partial charge in [0.25, 0.3) is 5.91 Å². The second-order valence-electron chi connectivity index (χ2n) is 5.22. The van der Waals surface area contributed by atoms with Crippen LogP contribution in [0.25, 0.3) is 0 Å². The van der Waals surface area contributed by atoms with Crippen LogP contribution >= 0.6 is 0 Å². The molecule has 6 nitrogen and oxygen atoms in total. The highest BCUT2D eigenvalue weighted by atomic mass is 16.7. The zero-order chi connectivity index (χ0) is 14.8. The van der Waals surface area contributed by atoms with Gasteiger partial charge in [0.1, 0.15) is 0 Å². The molecule has 2 aliphatic heterocycles. The predicted octanol–water partition coefficient (Wildman–Crippen LogP) is 1.29. The lowest BCUT2D eigenvalue weighted by Crippen LogP contribution is -2.32. The first kappa shape index (κ1) is 13.7. The molecule has 0 bridgehead atoms. The molecule has 2 heterocycles. The molecule has 0 aromatic heterocycles. The molecule has 1 amide bonds. The molecular formula is C15H17NO5. The maximum atomic E-state index is 11.9. The van der Waals surface area contributed by atoms with Crippen molar-refractivity contribution >= 4 is 11.9 Å². The van der Waals surface area contributed by atoms with Crippen molar-refractivity contribution < 1.29 is 23.8 Å². The van der Waals surface area contributed by atoms with Gasteiger partial charge in [-0.15, -0.1) is 0 Å². The van der Waals surface area contributed by atoms with Gasteiger partial charge in [0.2, 0.25) is 6.79 Å². The van der Waals surface area contributed by atoms with Crippen molar-refractivity contribution in [2.75, 3.05) is 26.5 Å². The summed E-state index contributed by atoms with van der Waals surface area (Å²) in [6.45, 7) is 2.70. The number of carbonyl (C=O) groups is 2. The lowest BCUT2D eigenvalue weighted by Gasteiger charge is -2.16. The van der Waals surface area contributed by atoms with Crippen molar-refractivity contribution in [3.8, 4) is 11.5 Å². The van der Waals surface area contributed by atoms with Crippen molar-refractivity contribution in [1.82, 2.24) is 4.90 Å². The Hall–Kier alpha value is -2.24. The van der Waals surface area contributed by atoms with Crippen LogP contribution in [0.5, 0.6) is 11.5 Å². The van der Waals surface area contributed by atoms with E-state index in [1.54, 1.807) is 4.90 Å². The third-order valence-corrected chi connectivity index (χ3v) is 3.81. The predicted molar refractivity (Wildman–Crippen MR) is 73.1 cm³/mol. The van der Waals surface area contributed by atoms with E-state index < -0.39 is 5.97 Å². The molecule has 112 valence electrons. The monoisotopic (exact) mass is 291 g/mol. The molecule has 21 heavy (non-hydrogen) atoms. The fraction of sp³-hybridized carbons (Fsp3) is 0.467. The number of amides is 1. The number of fused-ring (bicyclic) bond motifs is 1. The Balaban J connectivity index is 1.61. The van der Waals surface area contributed by atoms with Gasteiger partial charge in [0.05, 0.1) is 0 Å². The normalized spacial score (nSPS) is 19.7. The summed E-state index contributed by atoms with van der Waals surface area (Å²) in [7, 11) is 0. The molecule has 1 unspecified atom stereocenters. The summed E-state index contributed by atoms with van der Waals surface area (Å²) in [5.41, 5.74) is 1.14. The van der Waals surface area contributed by atoms with Crippen molar-refractivity contribution in [1.29, 1.82) is 0 Å². The van der Waals surface area contributed by atoms with Crippen LogP contribution in [-0.4, -0.2) is 43.3 Å². The molecule has 0 aliphatic carbocycles. The van der Waals surface area contributed by atoms with Gasteiger partial charge in [-0.05, 0) is 24.1 Å². The summed E-state index contributed by atoms with van der Waals surface area (Å²) in [6, 6.07) is 5.90. The van der Waals surface area contributed by atoms with Gasteiger partial charge in [0, 0.05) is 25.9 Å². The van der Waals surface area contributed by atoms with Crippen LogP contribution < -0.4 is 9.47 Å². The maximum absolute atomic E-state index is 11.9. The number of hydrogen-bond donors (Lipinski definition) is 0. The number of benzene rings is 1. The number of carbonyl (C=O) groups excluding carboxylic acids is 2. The molecule has 0 spiro atoms. The van der Waals surface area contributed by atoms with Crippen LogP contribution in [0.3, 0.4) is 0 Å². The van der Waals surface area contributed by atoms with Gasteiger partial charge >= 0.3 is 5.97 Å². The molecule has 2 aliphatic rings. The smallest absolute Gasteiger partial charge is 0.303 e. The Labute approximate surface area is 122 Å². The van der Waals surface area contributed by atoms with E-state index in [0.29, 0.717) is 13.1 Å². The zero-order valence-electron chi connectivity index (χ0n) is 11.8. The summed E-state index contributed by atoms with van der Waals surface area (Å²) in [5, 5.41) is 0. The third-order valence-electron chi connectivity index (χ3n) is 3.81. The highest BCUT2D eigenvalue weighted by Crippen LogP contribution is 2.37. The summed E-state index contributed by atoms with van der Waals surface area (Å²) < 4.78 is 15.4. The van der Waals surface area contributed by atoms with Crippen LogP contribution in [0, 0.1) is 0 Å². The van der Waals surface area contributed by atoms with Gasteiger partial charge in [0.15, 0.2) is 18.1 Å². The molecule has 1 aromatic carbocycles. The van der Waals surface area contributed by atoms with Gasteiger partial charge in [-0.1, -0.05) is 6.07 Å². The SMILES string of the molecule is CC(=O)OCC(=O)N1CCC(c2ccc3c(c2)OCO3)C1. The Morgan fingerprint density at radius 3 is 2.95 bits per heavy atom. The Bertz CT molecular complexity index is 571. The summed E-state index contributed by atoms with van der Waals surface area (Å²) >= 11 is 0. The minimum atomic E-state index is -0.435. The molecule has 0 saturated carbocycles. The minimum absolute atomic E-state index is 0.145. The number of nitrogens with zero attached hydrogens (tertiary/aromatic N) is 1. The van der Waals surface area contributed by atoms with Gasteiger partial charge in [-0.2, -0.15) is 0 Å². The van der Waals surface area contributed by atoms with E-state index in [-0.39, 0.29) is 25.2 Å². The highest BCUT2D eigenvalue weighted by molar-refractivity contribution is 5.80. The van der Waals surface area contributed by atoms with Crippen LogP contribution in [-0.2, 0) is 14.3 Å². The molecule has 1 aromatic rings. The van der Waals surface area contributed by atoms with E-state index >= 15 is 0 Å². The Morgan fingerprint density at radius 2 is 2.14 bits per heavy atom. The van der Waals surface area contributed by atoms with Crippen LogP contribution in [0.4, 0.5) is 0 Å². The van der Waals surface area contributed by atoms with Crippen molar-refractivity contribution in [2.45, 2.75) is 19.3 Å². The highest BCUT2D eigenvalue weighted by Gasteiger charge is 2.28. The topological polar surface area (TPSA) is 65.1 Å². The quantitative estimate of drug-likeness (QED) is 0.785. The fourth-order valence-corrected chi connectivity index (χ4v) is 2.68. The van der Waals surface area contributed by atoms with Gasteiger partial charge in [-0.25, -0.2) is 0 Å². The first-order chi connectivity index (χ1) is 10.1. The van der Waals surface area contributed by atoms with Crippen molar-refractivity contribution in [3.05, 3.63) is 23.8 Å². The number of esters is 1.